The van der Waals surface area contributed by atoms with Gasteiger partial charge in [-0.1, -0.05) is 45.2 Å². The Morgan fingerprint density at radius 1 is 1.28 bits per heavy atom. The van der Waals surface area contributed by atoms with Crippen LogP contribution in [0.3, 0.4) is 0 Å². The standard InChI is InChI=1S/C16H27NO/c1-5-7-9-13(6-2)16(17-3)14-10-8-11-15(12-14)18-4/h8,10-13,16-17H,5-7,9H2,1-4H3. The Morgan fingerprint density at radius 3 is 2.61 bits per heavy atom. The molecule has 1 aromatic carbocycles. The van der Waals surface area contributed by atoms with Crippen molar-refractivity contribution in [3.8, 4) is 5.75 Å². The van der Waals surface area contributed by atoms with Crippen molar-refractivity contribution in [1.29, 1.82) is 0 Å². The molecule has 0 aliphatic rings. The third-order valence-electron chi connectivity index (χ3n) is 3.69. The van der Waals surface area contributed by atoms with E-state index in [0.717, 1.165) is 5.75 Å². The van der Waals surface area contributed by atoms with Crippen LogP contribution in [0.25, 0.3) is 0 Å². The minimum absolute atomic E-state index is 0.427. The van der Waals surface area contributed by atoms with E-state index in [4.69, 9.17) is 4.74 Å². The quantitative estimate of drug-likeness (QED) is 0.746. The molecule has 0 radical (unpaired) electrons. The van der Waals surface area contributed by atoms with Crippen LogP contribution in [0, 0.1) is 5.92 Å². The Balaban J connectivity index is 2.84. The number of hydrogen-bond acceptors (Lipinski definition) is 2. The van der Waals surface area contributed by atoms with Gasteiger partial charge < -0.3 is 10.1 Å². The molecule has 1 N–H and O–H groups in total. The van der Waals surface area contributed by atoms with Gasteiger partial charge in [0.15, 0.2) is 0 Å². The Hall–Kier alpha value is -1.02. The first-order valence-electron chi connectivity index (χ1n) is 7.08. The summed E-state index contributed by atoms with van der Waals surface area (Å²) in [6.45, 7) is 4.54. The molecule has 0 bridgehead atoms. The van der Waals surface area contributed by atoms with Crippen molar-refractivity contribution < 1.29 is 4.74 Å². The van der Waals surface area contributed by atoms with Crippen LogP contribution < -0.4 is 10.1 Å². The summed E-state index contributed by atoms with van der Waals surface area (Å²) < 4.78 is 5.32. The third-order valence-corrected chi connectivity index (χ3v) is 3.69. The molecule has 0 amide bonds. The summed E-state index contributed by atoms with van der Waals surface area (Å²) >= 11 is 0. The summed E-state index contributed by atoms with van der Waals surface area (Å²) in [6, 6.07) is 8.85. The molecule has 0 aliphatic carbocycles. The molecule has 1 rings (SSSR count). The van der Waals surface area contributed by atoms with Crippen molar-refractivity contribution in [3.05, 3.63) is 29.8 Å². The van der Waals surface area contributed by atoms with Gasteiger partial charge in [0.1, 0.15) is 5.75 Å². The highest BCUT2D eigenvalue weighted by atomic mass is 16.5. The third kappa shape index (κ3) is 4.02. The summed E-state index contributed by atoms with van der Waals surface area (Å²) in [4.78, 5) is 0. The molecule has 18 heavy (non-hydrogen) atoms. The fourth-order valence-electron chi connectivity index (χ4n) is 2.58. The van der Waals surface area contributed by atoms with Crippen molar-refractivity contribution in [2.75, 3.05) is 14.2 Å². The topological polar surface area (TPSA) is 21.3 Å². The predicted octanol–water partition coefficient (Wildman–Crippen LogP) is 4.17. The van der Waals surface area contributed by atoms with E-state index in [2.05, 4.69) is 44.4 Å². The van der Waals surface area contributed by atoms with Crippen LogP contribution in [0.5, 0.6) is 5.75 Å². The Morgan fingerprint density at radius 2 is 2.06 bits per heavy atom. The minimum Gasteiger partial charge on any atom is -0.497 e. The fraction of sp³-hybridized carbons (Fsp3) is 0.625. The van der Waals surface area contributed by atoms with Crippen molar-refractivity contribution in [2.24, 2.45) is 5.92 Å². The molecule has 0 aromatic heterocycles. The molecule has 1 aromatic rings. The highest BCUT2D eigenvalue weighted by Crippen LogP contribution is 2.30. The van der Waals surface area contributed by atoms with Crippen LogP contribution in [0.4, 0.5) is 0 Å². The fourth-order valence-corrected chi connectivity index (χ4v) is 2.58. The number of unbranched alkanes of at least 4 members (excludes halogenated alkanes) is 1. The first-order valence-corrected chi connectivity index (χ1v) is 7.08. The van der Waals surface area contributed by atoms with Crippen LogP contribution in [0.1, 0.15) is 51.1 Å². The number of methoxy groups -OCH3 is 1. The zero-order chi connectivity index (χ0) is 13.4. The number of hydrogen-bond donors (Lipinski definition) is 1. The van der Waals surface area contributed by atoms with Crippen LogP contribution in [0.15, 0.2) is 24.3 Å². The lowest BCUT2D eigenvalue weighted by Gasteiger charge is -2.26. The molecule has 2 unspecified atom stereocenters. The van der Waals surface area contributed by atoms with E-state index in [0.29, 0.717) is 12.0 Å². The second kappa shape index (κ2) is 8.15. The van der Waals surface area contributed by atoms with Gasteiger partial charge in [-0.05, 0) is 37.1 Å². The van der Waals surface area contributed by atoms with E-state index in [1.807, 2.05) is 6.07 Å². The Bertz CT molecular complexity index is 338. The van der Waals surface area contributed by atoms with Crippen LogP contribution in [0.2, 0.25) is 0 Å². The van der Waals surface area contributed by atoms with E-state index in [9.17, 15) is 0 Å². The molecule has 0 saturated heterocycles. The SMILES string of the molecule is CCCCC(CC)C(NC)c1cccc(OC)c1. The van der Waals surface area contributed by atoms with Crippen molar-refractivity contribution in [2.45, 2.75) is 45.6 Å². The van der Waals surface area contributed by atoms with Gasteiger partial charge in [0, 0.05) is 6.04 Å². The highest BCUT2D eigenvalue weighted by molar-refractivity contribution is 5.30. The molecule has 0 fully saturated rings. The molecule has 2 heteroatoms. The molecular weight excluding hydrogens is 222 g/mol. The normalized spacial score (nSPS) is 14.2. The van der Waals surface area contributed by atoms with Gasteiger partial charge in [0.2, 0.25) is 0 Å². The maximum absolute atomic E-state index is 5.32. The lowest BCUT2D eigenvalue weighted by molar-refractivity contribution is 0.337. The summed E-state index contributed by atoms with van der Waals surface area (Å²) in [5, 5.41) is 3.47. The van der Waals surface area contributed by atoms with Crippen molar-refractivity contribution in [1.82, 2.24) is 5.32 Å². The number of rotatable bonds is 8. The first kappa shape index (κ1) is 15.0. The summed E-state index contributed by atoms with van der Waals surface area (Å²) in [5.41, 5.74) is 1.33. The Kier molecular flexibility index (Phi) is 6.81. The van der Waals surface area contributed by atoms with Gasteiger partial charge in [-0.15, -0.1) is 0 Å². The summed E-state index contributed by atoms with van der Waals surface area (Å²) in [6.07, 6.45) is 5.07. The minimum atomic E-state index is 0.427. The lowest BCUT2D eigenvalue weighted by atomic mass is 9.87. The average molecular weight is 249 g/mol. The van der Waals surface area contributed by atoms with Crippen LogP contribution >= 0.6 is 0 Å². The zero-order valence-electron chi connectivity index (χ0n) is 12.2. The number of nitrogens with one attached hydrogen (secondary N) is 1. The van der Waals surface area contributed by atoms with Crippen LogP contribution in [-0.4, -0.2) is 14.2 Å². The summed E-state index contributed by atoms with van der Waals surface area (Å²) in [5.74, 6) is 1.64. The predicted molar refractivity (Wildman–Crippen MR) is 78.1 cm³/mol. The number of benzene rings is 1. The van der Waals surface area contributed by atoms with Gasteiger partial charge in [0.25, 0.3) is 0 Å². The van der Waals surface area contributed by atoms with Crippen molar-refractivity contribution in [3.63, 3.8) is 0 Å². The van der Waals surface area contributed by atoms with E-state index >= 15 is 0 Å². The van der Waals surface area contributed by atoms with E-state index in [1.165, 1.54) is 31.2 Å². The second-order valence-electron chi connectivity index (χ2n) is 4.85. The molecule has 102 valence electrons. The monoisotopic (exact) mass is 249 g/mol. The summed E-state index contributed by atoms with van der Waals surface area (Å²) in [7, 11) is 3.78. The van der Waals surface area contributed by atoms with Gasteiger partial charge in [-0.2, -0.15) is 0 Å². The lowest BCUT2D eigenvalue weighted by Crippen LogP contribution is -2.25. The molecule has 0 saturated carbocycles. The van der Waals surface area contributed by atoms with Crippen molar-refractivity contribution >= 4 is 0 Å². The molecule has 2 nitrogen and oxygen atoms in total. The smallest absolute Gasteiger partial charge is 0.119 e. The van der Waals surface area contributed by atoms with Gasteiger partial charge in [0.05, 0.1) is 7.11 Å². The second-order valence-corrected chi connectivity index (χ2v) is 4.85. The van der Waals surface area contributed by atoms with E-state index < -0.39 is 0 Å². The molecule has 0 heterocycles. The number of ether oxygens (including phenoxy) is 1. The van der Waals surface area contributed by atoms with E-state index in [-0.39, 0.29) is 0 Å². The molecule has 2 atom stereocenters. The molecule has 0 spiro atoms. The van der Waals surface area contributed by atoms with Gasteiger partial charge in [-0.3, -0.25) is 0 Å². The van der Waals surface area contributed by atoms with Gasteiger partial charge in [-0.25, -0.2) is 0 Å². The molecular formula is C16H27NO. The van der Waals surface area contributed by atoms with E-state index in [1.54, 1.807) is 7.11 Å². The van der Waals surface area contributed by atoms with Crippen LogP contribution in [-0.2, 0) is 0 Å². The highest BCUT2D eigenvalue weighted by Gasteiger charge is 2.19. The average Bonchev–Trinajstić information content (AvgIpc) is 2.43. The largest absolute Gasteiger partial charge is 0.497 e. The first-order chi connectivity index (χ1) is 8.76. The maximum Gasteiger partial charge on any atom is 0.119 e. The van der Waals surface area contributed by atoms with Gasteiger partial charge >= 0.3 is 0 Å². The zero-order valence-corrected chi connectivity index (χ0v) is 12.2. The maximum atomic E-state index is 5.32. The Labute approximate surface area is 112 Å². The molecule has 0 aliphatic heterocycles.